The largest absolute Gasteiger partial charge is 0.317 e. The summed E-state index contributed by atoms with van der Waals surface area (Å²) in [7, 11) is 0. The molecule has 0 saturated heterocycles. The van der Waals surface area contributed by atoms with Crippen molar-refractivity contribution in [2.75, 3.05) is 0 Å². The van der Waals surface area contributed by atoms with E-state index in [1.165, 1.54) is 5.57 Å². The monoisotopic (exact) mass is 245 g/mol. The number of rotatable bonds is 4. The molecule has 0 spiro atoms. The Labute approximate surface area is 111 Å². The van der Waals surface area contributed by atoms with Gasteiger partial charge in [-0.15, -0.1) is 0 Å². The SMILES string of the molecule is C=C/C=C\CC1=CC=C(C=O)C=CC1.C=N.CC. The molecule has 1 N–H and O–H groups in total. The van der Waals surface area contributed by atoms with Crippen LogP contribution in [0, 0.1) is 5.41 Å². The molecule has 1 aliphatic rings. The third kappa shape index (κ3) is 9.28. The predicted octanol–water partition coefficient (Wildman–Crippen LogP) is 4.42. The average Bonchev–Trinajstić information content (AvgIpc) is 2.69. The van der Waals surface area contributed by atoms with Crippen molar-refractivity contribution < 1.29 is 4.79 Å². The van der Waals surface area contributed by atoms with Crippen LogP contribution in [0.15, 0.2) is 60.3 Å². The summed E-state index contributed by atoms with van der Waals surface area (Å²) < 4.78 is 0. The third-order valence-electron chi connectivity index (χ3n) is 1.99. The highest BCUT2D eigenvalue weighted by atomic mass is 16.1. The van der Waals surface area contributed by atoms with Crippen molar-refractivity contribution in [3.63, 3.8) is 0 Å². The summed E-state index contributed by atoms with van der Waals surface area (Å²) in [6.45, 7) is 10.1. The molecule has 0 heterocycles. The average molecular weight is 245 g/mol. The minimum Gasteiger partial charge on any atom is -0.317 e. The van der Waals surface area contributed by atoms with Gasteiger partial charge in [-0.2, -0.15) is 0 Å². The lowest BCUT2D eigenvalue weighted by molar-refractivity contribution is -0.104. The van der Waals surface area contributed by atoms with E-state index in [9.17, 15) is 4.79 Å². The topological polar surface area (TPSA) is 40.9 Å². The van der Waals surface area contributed by atoms with Crippen LogP contribution in [0.25, 0.3) is 0 Å². The first-order valence-electron chi connectivity index (χ1n) is 6.01. The zero-order valence-corrected chi connectivity index (χ0v) is 11.4. The first-order chi connectivity index (χ1) is 8.86. The maximum absolute atomic E-state index is 10.5. The zero-order valence-electron chi connectivity index (χ0n) is 11.4. The van der Waals surface area contributed by atoms with E-state index in [1.807, 2.05) is 44.2 Å². The van der Waals surface area contributed by atoms with Crippen LogP contribution in [0.5, 0.6) is 0 Å². The molecule has 0 radical (unpaired) electrons. The Bertz CT molecular complexity index is 346. The maximum Gasteiger partial charge on any atom is 0.150 e. The molecule has 0 amide bonds. The highest BCUT2D eigenvalue weighted by Crippen LogP contribution is 2.13. The van der Waals surface area contributed by atoms with Crippen molar-refractivity contribution in [1.29, 1.82) is 5.41 Å². The van der Waals surface area contributed by atoms with E-state index in [4.69, 9.17) is 5.41 Å². The van der Waals surface area contributed by atoms with Gasteiger partial charge in [-0.3, -0.25) is 4.79 Å². The van der Waals surface area contributed by atoms with E-state index in [1.54, 1.807) is 6.08 Å². The molecular formula is C16H23NO. The lowest BCUT2D eigenvalue weighted by Gasteiger charge is -1.96. The second-order valence-electron chi connectivity index (χ2n) is 3.08. The summed E-state index contributed by atoms with van der Waals surface area (Å²) in [5.41, 5.74) is 2.03. The van der Waals surface area contributed by atoms with Crippen LogP contribution in [-0.4, -0.2) is 13.0 Å². The number of carbonyl (C=O) groups excluding carboxylic acids is 1. The van der Waals surface area contributed by atoms with Gasteiger partial charge in [-0.05, 0) is 19.6 Å². The maximum atomic E-state index is 10.5. The van der Waals surface area contributed by atoms with E-state index < -0.39 is 0 Å². The lowest BCUT2D eigenvalue weighted by Crippen LogP contribution is -1.76. The summed E-state index contributed by atoms with van der Waals surface area (Å²) in [5.74, 6) is 0. The summed E-state index contributed by atoms with van der Waals surface area (Å²) in [5, 5.41) is 5.50. The van der Waals surface area contributed by atoms with Crippen molar-refractivity contribution in [1.82, 2.24) is 0 Å². The molecule has 18 heavy (non-hydrogen) atoms. The summed E-state index contributed by atoms with van der Waals surface area (Å²) >= 11 is 0. The smallest absolute Gasteiger partial charge is 0.150 e. The van der Waals surface area contributed by atoms with Gasteiger partial charge in [0, 0.05) is 5.57 Å². The molecule has 2 nitrogen and oxygen atoms in total. The van der Waals surface area contributed by atoms with E-state index in [-0.39, 0.29) is 0 Å². The molecule has 1 rings (SSSR count). The molecular weight excluding hydrogens is 222 g/mol. The Hall–Kier alpha value is -1.96. The molecule has 98 valence electrons. The zero-order chi connectivity index (χ0) is 14.2. The highest BCUT2D eigenvalue weighted by Gasteiger charge is 1.96. The Balaban J connectivity index is 0. The molecule has 0 aliphatic heterocycles. The van der Waals surface area contributed by atoms with Gasteiger partial charge in [0.2, 0.25) is 0 Å². The summed E-state index contributed by atoms with van der Waals surface area (Å²) in [4.78, 5) is 10.5. The molecule has 0 saturated carbocycles. The van der Waals surface area contributed by atoms with Crippen LogP contribution < -0.4 is 0 Å². The fraction of sp³-hybridized carbons (Fsp3) is 0.250. The van der Waals surface area contributed by atoms with Gasteiger partial charge in [0.05, 0.1) is 0 Å². The molecule has 2 heteroatoms. The van der Waals surface area contributed by atoms with Crippen molar-refractivity contribution in [3.8, 4) is 0 Å². The molecule has 0 unspecified atom stereocenters. The molecule has 0 aromatic rings. The van der Waals surface area contributed by atoms with Crippen LogP contribution in [0.4, 0.5) is 0 Å². The van der Waals surface area contributed by atoms with E-state index >= 15 is 0 Å². The van der Waals surface area contributed by atoms with Crippen LogP contribution in [0.1, 0.15) is 26.7 Å². The Kier molecular flexibility index (Phi) is 15.4. The molecule has 0 aromatic heterocycles. The van der Waals surface area contributed by atoms with Gasteiger partial charge in [0.1, 0.15) is 6.29 Å². The Morgan fingerprint density at radius 1 is 1.33 bits per heavy atom. The van der Waals surface area contributed by atoms with Crippen molar-refractivity contribution in [3.05, 3.63) is 60.3 Å². The third-order valence-corrected chi connectivity index (χ3v) is 1.99. The standard InChI is InChI=1S/C13H14O.C2H6.CH3N/c1-2-3-4-6-12-7-5-8-13(11-14)10-9-12;2*1-2/h2-5,8-11H,1,6-7H2;1-2H3;2H,1H2/b4-3-;;. The molecule has 0 aromatic carbocycles. The van der Waals surface area contributed by atoms with Crippen molar-refractivity contribution in [2.45, 2.75) is 26.7 Å². The second kappa shape index (κ2) is 15.0. The first-order valence-corrected chi connectivity index (χ1v) is 6.01. The second-order valence-corrected chi connectivity index (χ2v) is 3.08. The molecule has 0 atom stereocenters. The molecule has 0 fully saturated rings. The predicted molar refractivity (Wildman–Crippen MR) is 81.1 cm³/mol. The minimum absolute atomic E-state index is 0.729. The van der Waals surface area contributed by atoms with Crippen LogP contribution in [-0.2, 0) is 4.79 Å². The molecule has 1 aliphatic carbocycles. The van der Waals surface area contributed by atoms with E-state index in [0.717, 1.165) is 24.7 Å². The van der Waals surface area contributed by atoms with Gasteiger partial charge in [0.25, 0.3) is 0 Å². The summed E-state index contributed by atoms with van der Waals surface area (Å²) in [6.07, 6.45) is 16.2. The van der Waals surface area contributed by atoms with Crippen LogP contribution in [0.3, 0.4) is 0 Å². The van der Waals surface area contributed by atoms with Gasteiger partial charge >= 0.3 is 0 Å². The number of allylic oxidation sites excluding steroid dienone is 9. The highest BCUT2D eigenvalue weighted by molar-refractivity contribution is 5.78. The van der Waals surface area contributed by atoms with Crippen molar-refractivity contribution >= 4 is 13.0 Å². The number of hydrogen-bond acceptors (Lipinski definition) is 2. The Morgan fingerprint density at radius 2 is 2.00 bits per heavy atom. The van der Waals surface area contributed by atoms with Gasteiger partial charge in [-0.1, -0.05) is 68.5 Å². The number of carbonyl (C=O) groups is 1. The van der Waals surface area contributed by atoms with Crippen molar-refractivity contribution in [2.24, 2.45) is 0 Å². The van der Waals surface area contributed by atoms with Crippen LogP contribution >= 0.6 is 0 Å². The van der Waals surface area contributed by atoms with Crippen LogP contribution in [0.2, 0.25) is 0 Å². The first kappa shape index (κ1) is 18.4. The fourth-order valence-electron chi connectivity index (χ4n) is 1.23. The fourth-order valence-corrected chi connectivity index (χ4v) is 1.23. The Morgan fingerprint density at radius 3 is 2.56 bits per heavy atom. The lowest BCUT2D eigenvalue weighted by atomic mass is 10.1. The molecule has 0 bridgehead atoms. The van der Waals surface area contributed by atoms with E-state index in [2.05, 4.69) is 19.4 Å². The van der Waals surface area contributed by atoms with Gasteiger partial charge < -0.3 is 5.41 Å². The normalized spacial score (nSPS) is 13.0. The quantitative estimate of drug-likeness (QED) is 0.444. The minimum atomic E-state index is 0.729. The number of nitrogens with one attached hydrogen (secondary N) is 1. The number of aldehydes is 1. The summed E-state index contributed by atoms with van der Waals surface area (Å²) in [6, 6.07) is 0. The van der Waals surface area contributed by atoms with E-state index in [0.29, 0.717) is 0 Å². The number of hydrogen-bond donors (Lipinski definition) is 1. The van der Waals surface area contributed by atoms with Gasteiger partial charge in [-0.25, -0.2) is 0 Å². The van der Waals surface area contributed by atoms with Gasteiger partial charge in [0.15, 0.2) is 0 Å².